The van der Waals surface area contributed by atoms with E-state index in [0.717, 1.165) is 36.3 Å². The first-order valence-electron chi connectivity index (χ1n) is 6.74. The highest BCUT2D eigenvalue weighted by molar-refractivity contribution is 5.66. The third-order valence-electron chi connectivity index (χ3n) is 3.70. The van der Waals surface area contributed by atoms with Crippen LogP contribution >= 0.6 is 0 Å². The number of hydrogen-bond acceptors (Lipinski definition) is 2. The highest BCUT2D eigenvalue weighted by Gasteiger charge is 2.22. The first-order chi connectivity index (χ1) is 9.24. The molecule has 4 heteroatoms. The lowest BCUT2D eigenvalue weighted by molar-refractivity contribution is 0.452. The van der Waals surface area contributed by atoms with E-state index in [2.05, 4.69) is 10.4 Å². The molecule has 1 aliphatic heterocycles. The quantitative estimate of drug-likeness (QED) is 0.898. The molecule has 1 unspecified atom stereocenters. The topological polar surface area (TPSA) is 29.9 Å². The highest BCUT2D eigenvalue weighted by Crippen LogP contribution is 2.31. The molecule has 3 rings (SSSR count). The van der Waals surface area contributed by atoms with Gasteiger partial charge in [0.05, 0.1) is 5.69 Å². The summed E-state index contributed by atoms with van der Waals surface area (Å²) >= 11 is 0. The number of benzene rings is 1. The Labute approximate surface area is 112 Å². The van der Waals surface area contributed by atoms with Gasteiger partial charge in [-0.25, -0.2) is 4.39 Å². The second-order valence-corrected chi connectivity index (χ2v) is 5.15. The fourth-order valence-corrected chi connectivity index (χ4v) is 2.74. The van der Waals surface area contributed by atoms with Crippen molar-refractivity contribution in [2.75, 3.05) is 13.1 Å². The maximum Gasteiger partial charge on any atom is 0.123 e. The van der Waals surface area contributed by atoms with Crippen LogP contribution in [-0.4, -0.2) is 22.9 Å². The molecule has 1 N–H and O–H groups in total. The average Bonchev–Trinajstić information content (AvgIpc) is 2.83. The van der Waals surface area contributed by atoms with Crippen LogP contribution in [0.5, 0.6) is 0 Å². The lowest BCUT2D eigenvalue weighted by Crippen LogP contribution is -2.28. The van der Waals surface area contributed by atoms with Gasteiger partial charge in [-0.2, -0.15) is 5.10 Å². The summed E-state index contributed by atoms with van der Waals surface area (Å²) in [6.45, 7) is 2.07. The maximum atomic E-state index is 13.0. The van der Waals surface area contributed by atoms with E-state index in [1.54, 1.807) is 0 Å². The zero-order valence-electron chi connectivity index (χ0n) is 11.1. The Morgan fingerprint density at radius 3 is 2.79 bits per heavy atom. The van der Waals surface area contributed by atoms with Crippen molar-refractivity contribution in [3.8, 4) is 11.1 Å². The molecule has 1 atom stereocenters. The summed E-state index contributed by atoms with van der Waals surface area (Å²) in [5, 5.41) is 8.04. The summed E-state index contributed by atoms with van der Waals surface area (Å²) in [7, 11) is 1.94. The second kappa shape index (κ2) is 5.13. The van der Waals surface area contributed by atoms with Crippen molar-refractivity contribution in [1.82, 2.24) is 15.1 Å². The molecule has 1 aromatic carbocycles. The fourth-order valence-electron chi connectivity index (χ4n) is 2.74. The Balaban J connectivity index is 1.98. The van der Waals surface area contributed by atoms with E-state index in [1.165, 1.54) is 18.6 Å². The molecule has 0 saturated carbocycles. The SMILES string of the molecule is Cn1cc(-c2ccc(F)cc2)c(C2CCCNC2)n1. The summed E-state index contributed by atoms with van der Waals surface area (Å²) in [4.78, 5) is 0. The predicted octanol–water partition coefficient (Wildman–Crippen LogP) is 2.69. The molecule has 0 radical (unpaired) electrons. The number of rotatable bonds is 2. The van der Waals surface area contributed by atoms with Crippen LogP contribution in [0.2, 0.25) is 0 Å². The van der Waals surface area contributed by atoms with Crippen LogP contribution in [0.1, 0.15) is 24.5 Å². The smallest absolute Gasteiger partial charge is 0.123 e. The van der Waals surface area contributed by atoms with Gasteiger partial charge in [0.2, 0.25) is 0 Å². The second-order valence-electron chi connectivity index (χ2n) is 5.15. The Kier molecular flexibility index (Phi) is 3.34. The summed E-state index contributed by atoms with van der Waals surface area (Å²) < 4.78 is 14.9. The number of nitrogens with zero attached hydrogens (tertiary/aromatic N) is 2. The van der Waals surface area contributed by atoms with E-state index >= 15 is 0 Å². The van der Waals surface area contributed by atoms with Crippen molar-refractivity contribution in [2.24, 2.45) is 7.05 Å². The van der Waals surface area contributed by atoms with Crippen molar-refractivity contribution in [3.63, 3.8) is 0 Å². The number of nitrogens with one attached hydrogen (secondary N) is 1. The highest BCUT2D eigenvalue weighted by atomic mass is 19.1. The summed E-state index contributed by atoms with van der Waals surface area (Å²) in [6, 6.07) is 6.66. The molecule has 1 aliphatic rings. The molecule has 1 aromatic heterocycles. The van der Waals surface area contributed by atoms with Crippen LogP contribution in [-0.2, 0) is 7.05 Å². The standard InChI is InChI=1S/C15H18FN3/c1-19-10-14(11-4-6-13(16)7-5-11)15(18-19)12-3-2-8-17-9-12/h4-7,10,12,17H,2-3,8-9H2,1H3. The molecule has 1 saturated heterocycles. The van der Waals surface area contributed by atoms with Crippen LogP contribution < -0.4 is 5.32 Å². The van der Waals surface area contributed by atoms with Crippen LogP contribution in [0.4, 0.5) is 4.39 Å². The van der Waals surface area contributed by atoms with Crippen LogP contribution in [0, 0.1) is 5.82 Å². The van der Waals surface area contributed by atoms with Gasteiger partial charge >= 0.3 is 0 Å². The lowest BCUT2D eigenvalue weighted by atomic mass is 9.91. The third kappa shape index (κ3) is 2.54. The van der Waals surface area contributed by atoms with Gasteiger partial charge in [0.1, 0.15) is 5.82 Å². The largest absolute Gasteiger partial charge is 0.316 e. The molecule has 2 heterocycles. The minimum atomic E-state index is -0.200. The predicted molar refractivity (Wildman–Crippen MR) is 73.4 cm³/mol. The van der Waals surface area contributed by atoms with E-state index in [4.69, 9.17) is 0 Å². The van der Waals surface area contributed by atoms with Gasteiger partial charge in [-0.05, 0) is 37.1 Å². The molecule has 0 amide bonds. The van der Waals surface area contributed by atoms with Crippen LogP contribution in [0.15, 0.2) is 30.5 Å². The zero-order chi connectivity index (χ0) is 13.2. The Hall–Kier alpha value is -1.68. The molecule has 0 spiro atoms. The van der Waals surface area contributed by atoms with E-state index in [0.29, 0.717) is 5.92 Å². The van der Waals surface area contributed by atoms with E-state index in [1.807, 2.05) is 30.1 Å². The van der Waals surface area contributed by atoms with Crippen LogP contribution in [0.3, 0.4) is 0 Å². The average molecular weight is 259 g/mol. The Bertz CT molecular complexity index is 553. The van der Waals surface area contributed by atoms with Gasteiger partial charge in [-0.3, -0.25) is 4.68 Å². The van der Waals surface area contributed by atoms with Gasteiger partial charge in [-0.1, -0.05) is 12.1 Å². The molecular formula is C15H18FN3. The molecule has 19 heavy (non-hydrogen) atoms. The van der Waals surface area contributed by atoms with Gasteiger partial charge in [-0.15, -0.1) is 0 Å². The van der Waals surface area contributed by atoms with Gasteiger partial charge in [0.25, 0.3) is 0 Å². The minimum Gasteiger partial charge on any atom is -0.316 e. The number of halogens is 1. The van der Waals surface area contributed by atoms with Crippen molar-refractivity contribution >= 4 is 0 Å². The van der Waals surface area contributed by atoms with E-state index in [9.17, 15) is 4.39 Å². The number of hydrogen-bond donors (Lipinski definition) is 1. The lowest BCUT2D eigenvalue weighted by Gasteiger charge is -2.22. The summed E-state index contributed by atoms with van der Waals surface area (Å²) in [5.41, 5.74) is 3.28. The van der Waals surface area contributed by atoms with Gasteiger partial charge < -0.3 is 5.32 Å². The molecule has 1 fully saturated rings. The summed E-state index contributed by atoms with van der Waals surface area (Å²) in [5.74, 6) is 0.253. The maximum absolute atomic E-state index is 13.0. The van der Waals surface area contributed by atoms with Gasteiger partial charge in [0.15, 0.2) is 0 Å². The third-order valence-corrected chi connectivity index (χ3v) is 3.70. The molecule has 3 nitrogen and oxygen atoms in total. The molecular weight excluding hydrogens is 241 g/mol. The first kappa shape index (κ1) is 12.4. The van der Waals surface area contributed by atoms with Crippen molar-refractivity contribution in [1.29, 1.82) is 0 Å². The molecule has 100 valence electrons. The number of aryl methyl sites for hydroxylation is 1. The van der Waals surface area contributed by atoms with Crippen molar-refractivity contribution in [3.05, 3.63) is 42.0 Å². The van der Waals surface area contributed by atoms with E-state index in [-0.39, 0.29) is 5.82 Å². The first-order valence-corrected chi connectivity index (χ1v) is 6.74. The molecule has 0 bridgehead atoms. The monoisotopic (exact) mass is 259 g/mol. The Morgan fingerprint density at radius 1 is 1.32 bits per heavy atom. The number of piperidine rings is 1. The number of aromatic nitrogens is 2. The normalized spacial score (nSPS) is 19.6. The molecule has 0 aliphatic carbocycles. The molecule has 2 aromatic rings. The Morgan fingerprint density at radius 2 is 2.11 bits per heavy atom. The van der Waals surface area contributed by atoms with Crippen LogP contribution in [0.25, 0.3) is 11.1 Å². The van der Waals surface area contributed by atoms with Crippen molar-refractivity contribution in [2.45, 2.75) is 18.8 Å². The summed E-state index contributed by atoms with van der Waals surface area (Å²) in [6.07, 6.45) is 4.37. The fraction of sp³-hybridized carbons (Fsp3) is 0.400. The zero-order valence-corrected chi connectivity index (χ0v) is 11.1. The minimum absolute atomic E-state index is 0.200. The van der Waals surface area contributed by atoms with E-state index < -0.39 is 0 Å². The van der Waals surface area contributed by atoms with Gasteiger partial charge in [0, 0.05) is 31.3 Å². The van der Waals surface area contributed by atoms with Crippen molar-refractivity contribution < 1.29 is 4.39 Å².